The molecule has 4 rings (SSSR count). The van der Waals surface area contributed by atoms with Crippen LogP contribution < -0.4 is 10.6 Å². The van der Waals surface area contributed by atoms with Crippen LogP contribution in [0.1, 0.15) is 49.1 Å². The molecule has 4 aromatic rings. The molecule has 0 saturated carbocycles. The Morgan fingerprint density at radius 1 is 0.829 bits per heavy atom. The maximum Gasteiger partial charge on any atom is 0.268 e. The van der Waals surface area contributed by atoms with Gasteiger partial charge in [0.05, 0.1) is 6.04 Å². The third-order valence-corrected chi connectivity index (χ3v) is 6.60. The first kappa shape index (κ1) is 24.2. The second-order valence-corrected chi connectivity index (χ2v) is 9.55. The van der Waals surface area contributed by atoms with Gasteiger partial charge in [0.1, 0.15) is 5.70 Å². The lowest BCUT2D eigenvalue weighted by molar-refractivity contribution is -0.118. The number of hydrogen-bond acceptors (Lipinski definition) is 3. The molecule has 0 saturated heterocycles. The molecule has 2 amide bonds. The van der Waals surface area contributed by atoms with Gasteiger partial charge in [-0.15, -0.1) is 11.3 Å². The van der Waals surface area contributed by atoms with Gasteiger partial charge in [-0.05, 0) is 67.1 Å². The van der Waals surface area contributed by atoms with Crippen LogP contribution in [-0.2, 0) is 4.79 Å². The van der Waals surface area contributed by atoms with E-state index < -0.39 is 0 Å². The van der Waals surface area contributed by atoms with Crippen LogP contribution in [0.2, 0.25) is 0 Å². The van der Waals surface area contributed by atoms with Crippen LogP contribution in [-0.4, -0.2) is 11.8 Å². The summed E-state index contributed by atoms with van der Waals surface area (Å²) < 4.78 is 0. The van der Waals surface area contributed by atoms with Crippen LogP contribution in [0, 0.1) is 20.8 Å². The Morgan fingerprint density at radius 2 is 1.54 bits per heavy atom. The fourth-order valence-corrected chi connectivity index (χ4v) is 4.58. The summed E-state index contributed by atoms with van der Waals surface area (Å²) in [5, 5.41) is 7.95. The first-order valence-corrected chi connectivity index (χ1v) is 12.3. The van der Waals surface area contributed by atoms with E-state index in [2.05, 4.69) is 29.7 Å². The van der Waals surface area contributed by atoms with Crippen molar-refractivity contribution in [3.63, 3.8) is 0 Å². The van der Waals surface area contributed by atoms with Crippen molar-refractivity contribution in [2.75, 3.05) is 0 Å². The highest BCUT2D eigenvalue weighted by atomic mass is 32.1. The minimum absolute atomic E-state index is 0.198. The molecule has 0 fully saturated rings. The van der Waals surface area contributed by atoms with Crippen molar-refractivity contribution >= 4 is 29.2 Å². The fraction of sp³-hybridized carbons (Fsp3) is 0.133. The van der Waals surface area contributed by atoms with Gasteiger partial charge >= 0.3 is 0 Å². The summed E-state index contributed by atoms with van der Waals surface area (Å²) in [4.78, 5) is 27.5. The summed E-state index contributed by atoms with van der Waals surface area (Å²) in [6.07, 6.45) is 1.72. The average molecular weight is 481 g/mol. The van der Waals surface area contributed by atoms with E-state index in [4.69, 9.17) is 0 Å². The summed E-state index contributed by atoms with van der Waals surface area (Å²) >= 11 is 1.50. The molecule has 0 spiro atoms. The zero-order chi connectivity index (χ0) is 24.8. The van der Waals surface area contributed by atoms with Gasteiger partial charge < -0.3 is 10.6 Å². The molecule has 176 valence electrons. The molecule has 3 aromatic carbocycles. The zero-order valence-corrected chi connectivity index (χ0v) is 20.9. The third kappa shape index (κ3) is 6.14. The zero-order valence-electron chi connectivity index (χ0n) is 20.0. The summed E-state index contributed by atoms with van der Waals surface area (Å²) in [5.41, 5.74) is 5.98. The van der Waals surface area contributed by atoms with Gasteiger partial charge in [0.15, 0.2) is 0 Å². The second kappa shape index (κ2) is 11.0. The second-order valence-electron chi connectivity index (χ2n) is 8.57. The smallest absolute Gasteiger partial charge is 0.268 e. The molecule has 0 radical (unpaired) electrons. The molecular weight excluding hydrogens is 452 g/mol. The van der Waals surface area contributed by atoms with Crippen molar-refractivity contribution in [2.45, 2.75) is 26.8 Å². The number of amides is 2. The van der Waals surface area contributed by atoms with Gasteiger partial charge in [0.2, 0.25) is 0 Å². The number of rotatable bonds is 7. The van der Waals surface area contributed by atoms with Gasteiger partial charge in [-0.3, -0.25) is 9.59 Å². The normalized spacial score (nSPS) is 12.1. The predicted octanol–water partition coefficient (Wildman–Crippen LogP) is 6.35. The lowest BCUT2D eigenvalue weighted by Gasteiger charge is -2.23. The Labute approximate surface area is 210 Å². The van der Waals surface area contributed by atoms with Crippen molar-refractivity contribution in [3.8, 4) is 0 Å². The molecule has 1 heterocycles. The highest BCUT2D eigenvalue weighted by Crippen LogP contribution is 2.26. The lowest BCUT2D eigenvalue weighted by atomic mass is 9.93. The first-order valence-electron chi connectivity index (χ1n) is 11.5. The number of hydrogen-bond donors (Lipinski definition) is 2. The lowest BCUT2D eigenvalue weighted by Crippen LogP contribution is -2.37. The number of carbonyl (C=O) groups excluding carboxylic acids is 2. The fourth-order valence-electron chi connectivity index (χ4n) is 3.92. The number of benzene rings is 3. The van der Waals surface area contributed by atoms with E-state index in [1.807, 2.05) is 79.9 Å². The molecular formula is C30H28N2O2S. The van der Waals surface area contributed by atoms with E-state index >= 15 is 0 Å². The molecule has 0 unspecified atom stereocenters. The molecule has 0 aliphatic rings. The molecule has 1 atom stereocenters. The number of thiophene rings is 1. The van der Waals surface area contributed by atoms with Crippen molar-refractivity contribution < 1.29 is 9.59 Å². The summed E-state index contributed by atoms with van der Waals surface area (Å²) in [6.45, 7) is 6.06. The maximum absolute atomic E-state index is 13.6. The van der Waals surface area contributed by atoms with Crippen molar-refractivity contribution in [2.24, 2.45) is 0 Å². The van der Waals surface area contributed by atoms with E-state index in [-0.39, 0.29) is 23.6 Å². The molecule has 0 bridgehead atoms. The van der Waals surface area contributed by atoms with Gasteiger partial charge in [-0.1, -0.05) is 77.9 Å². The third-order valence-electron chi connectivity index (χ3n) is 5.78. The van der Waals surface area contributed by atoms with Crippen molar-refractivity contribution in [1.29, 1.82) is 0 Å². The minimum atomic E-state index is -0.368. The van der Waals surface area contributed by atoms with E-state index in [1.165, 1.54) is 11.3 Å². The summed E-state index contributed by atoms with van der Waals surface area (Å²) in [7, 11) is 0. The molecule has 4 nitrogen and oxygen atoms in total. The number of carbonyl (C=O) groups is 2. The highest BCUT2D eigenvalue weighted by Gasteiger charge is 2.22. The van der Waals surface area contributed by atoms with Crippen molar-refractivity contribution in [3.05, 3.63) is 134 Å². The van der Waals surface area contributed by atoms with Crippen LogP contribution >= 0.6 is 11.3 Å². The Hall–Kier alpha value is -3.96. The van der Waals surface area contributed by atoms with Gasteiger partial charge in [-0.25, -0.2) is 0 Å². The van der Waals surface area contributed by atoms with Crippen LogP contribution in [0.25, 0.3) is 6.08 Å². The molecule has 35 heavy (non-hydrogen) atoms. The van der Waals surface area contributed by atoms with Gasteiger partial charge in [0, 0.05) is 10.4 Å². The first-order chi connectivity index (χ1) is 16.9. The molecule has 1 aromatic heterocycles. The SMILES string of the molecule is Cc1ccc(C(=O)N/C(=C\c2cccs2)C(=O)N[C@H](c2ccccc2)c2ccc(C)cc2C)cc1. The monoisotopic (exact) mass is 480 g/mol. The maximum atomic E-state index is 13.6. The Balaban J connectivity index is 1.67. The topological polar surface area (TPSA) is 58.2 Å². The van der Waals surface area contributed by atoms with Crippen LogP contribution in [0.3, 0.4) is 0 Å². The molecule has 0 aliphatic heterocycles. The van der Waals surface area contributed by atoms with Crippen LogP contribution in [0.5, 0.6) is 0 Å². The quantitative estimate of drug-likeness (QED) is 0.303. The van der Waals surface area contributed by atoms with E-state index in [0.29, 0.717) is 5.56 Å². The Bertz CT molecular complexity index is 1340. The van der Waals surface area contributed by atoms with E-state index in [1.54, 1.807) is 18.2 Å². The number of aryl methyl sites for hydroxylation is 3. The standard InChI is InChI=1S/C30H28N2O2S/c1-20-11-14-24(15-12-20)29(33)31-27(19-25-10-7-17-35-25)30(34)32-28(23-8-5-4-6-9-23)26-16-13-21(2)18-22(26)3/h4-19,28H,1-3H3,(H,31,33)(H,32,34)/b27-19-/t28-/m1/s1. The Morgan fingerprint density at radius 3 is 2.20 bits per heavy atom. The minimum Gasteiger partial charge on any atom is -0.340 e. The highest BCUT2D eigenvalue weighted by molar-refractivity contribution is 7.10. The van der Waals surface area contributed by atoms with Crippen molar-refractivity contribution in [1.82, 2.24) is 10.6 Å². The summed E-state index contributed by atoms with van der Waals surface area (Å²) in [5.74, 6) is -0.682. The Kier molecular flexibility index (Phi) is 7.58. The van der Waals surface area contributed by atoms with E-state index in [9.17, 15) is 9.59 Å². The molecule has 5 heteroatoms. The van der Waals surface area contributed by atoms with Crippen LogP contribution in [0.15, 0.2) is 96.0 Å². The molecule has 0 aliphatic carbocycles. The predicted molar refractivity (Wildman–Crippen MR) is 143 cm³/mol. The van der Waals surface area contributed by atoms with Crippen LogP contribution in [0.4, 0.5) is 0 Å². The number of nitrogens with one attached hydrogen (secondary N) is 2. The molecule has 2 N–H and O–H groups in total. The average Bonchev–Trinajstić information content (AvgIpc) is 3.36. The largest absolute Gasteiger partial charge is 0.340 e. The van der Waals surface area contributed by atoms with E-state index in [0.717, 1.165) is 32.7 Å². The van der Waals surface area contributed by atoms with Gasteiger partial charge in [0.25, 0.3) is 11.8 Å². The summed E-state index contributed by atoms with van der Waals surface area (Å²) in [6, 6.07) is 26.8. The van der Waals surface area contributed by atoms with Gasteiger partial charge in [-0.2, -0.15) is 0 Å².